The van der Waals surface area contributed by atoms with Crippen LogP contribution in [0, 0.1) is 0 Å². The van der Waals surface area contributed by atoms with E-state index in [1.54, 1.807) is 0 Å². The Labute approximate surface area is 112 Å². The van der Waals surface area contributed by atoms with E-state index in [1.165, 1.54) is 0 Å². The van der Waals surface area contributed by atoms with E-state index in [1.807, 2.05) is 42.5 Å². The first-order valence-electron chi connectivity index (χ1n) is 6.72. The van der Waals surface area contributed by atoms with Crippen LogP contribution in [0.25, 0.3) is 10.8 Å². The van der Waals surface area contributed by atoms with Crippen molar-refractivity contribution in [3.8, 4) is 0 Å². The Kier molecular flexibility index (Phi) is 3.47. The topological polar surface area (TPSA) is 38.3 Å². The van der Waals surface area contributed by atoms with Gasteiger partial charge >= 0.3 is 0 Å². The Morgan fingerprint density at radius 1 is 1.21 bits per heavy atom. The highest BCUT2D eigenvalue weighted by atomic mass is 16.5. The third kappa shape index (κ3) is 2.61. The standard InChI is InChI=1S/C16H17NO2/c18-16(17-11-13-7-4-10-19-13)15-9-3-6-12-5-1-2-8-14(12)15/h1-3,5-6,8-9,13H,4,7,10-11H2,(H,17,18)/t13-/m1/s1. The first-order chi connectivity index (χ1) is 9.34. The van der Waals surface area contributed by atoms with Crippen molar-refractivity contribution in [1.29, 1.82) is 0 Å². The van der Waals surface area contributed by atoms with E-state index in [-0.39, 0.29) is 12.0 Å². The molecule has 0 bridgehead atoms. The summed E-state index contributed by atoms with van der Waals surface area (Å²) in [5.74, 6) is -0.0210. The van der Waals surface area contributed by atoms with Gasteiger partial charge in [0.25, 0.3) is 5.91 Å². The average molecular weight is 255 g/mol. The van der Waals surface area contributed by atoms with Crippen molar-refractivity contribution < 1.29 is 9.53 Å². The van der Waals surface area contributed by atoms with Crippen LogP contribution in [0.1, 0.15) is 23.2 Å². The molecule has 3 heteroatoms. The maximum absolute atomic E-state index is 12.2. The molecule has 1 aliphatic heterocycles. The molecule has 0 unspecified atom stereocenters. The molecule has 1 fully saturated rings. The highest BCUT2D eigenvalue weighted by molar-refractivity contribution is 6.06. The molecule has 1 aliphatic rings. The SMILES string of the molecule is O=C(NC[C@H]1CCCO1)c1cccc2ccccc12. The Morgan fingerprint density at radius 2 is 2.05 bits per heavy atom. The van der Waals surface area contributed by atoms with Crippen LogP contribution < -0.4 is 5.32 Å². The van der Waals surface area contributed by atoms with Gasteiger partial charge in [0, 0.05) is 18.7 Å². The molecule has 1 heterocycles. The van der Waals surface area contributed by atoms with Gasteiger partial charge in [-0.1, -0.05) is 36.4 Å². The van der Waals surface area contributed by atoms with Crippen LogP contribution in [-0.2, 0) is 4.74 Å². The van der Waals surface area contributed by atoms with Crippen LogP contribution in [-0.4, -0.2) is 25.2 Å². The lowest BCUT2D eigenvalue weighted by Crippen LogP contribution is -2.31. The number of amides is 1. The maximum atomic E-state index is 12.2. The normalized spacial score (nSPS) is 18.6. The van der Waals surface area contributed by atoms with Crippen molar-refractivity contribution in [2.45, 2.75) is 18.9 Å². The fourth-order valence-corrected chi connectivity index (χ4v) is 2.53. The number of fused-ring (bicyclic) bond motifs is 1. The summed E-state index contributed by atoms with van der Waals surface area (Å²) in [7, 11) is 0. The molecule has 3 nitrogen and oxygen atoms in total. The average Bonchev–Trinajstić information content (AvgIpc) is 2.97. The summed E-state index contributed by atoms with van der Waals surface area (Å²) in [6.07, 6.45) is 2.31. The molecule has 0 radical (unpaired) electrons. The van der Waals surface area contributed by atoms with Crippen molar-refractivity contribution in [1.82, 2.24) is 5.32 Å². The van der Waals surface area contributed by atoms with Gasteiger partial charge in [-0.15, -0.1) is 0 Å². The molecule has 0 aromatic heterocycles. The van der Waals surface area contributed by atoms with Crippen LogP contribution in [0.4, 0.5) is 0 Å². The molecule has 2 aromatic rings. The minimum absolute atomic E-state index is 0.0210. The molecule has 1 amide bonds. The van der Waals surface area contributed by atoms with Crippen molar-refractivity contribution >= 4 is 16.7 Å². The Bertz CT molecular complexity index is 583. The number of ether oxygens (including phenoxy) is 1. The molecular formula is C16H17NO2. The van der Waals surface area contributed by atoms with Gasteiger partial charge in [0.15, 0.2) is 0 Å². The summed E-state index contributed by atoms with van der Waals surface area (Å²) >= 11 is 0. The van der Waals surface area contributed by atoms with Crippen molar-refractivity contribution in [2.24, 2.45) is 0 Å². The highest BCUT2D eigenvalue weighted by Crippen LogP contribution is 2.18. The largest absolute Gasteiger partial charge is 0.376 e. The number of hydrogen-bond acceptors (Lipinski definition) is 2. The number of carbonyl (C=O) groups is 1. The molecule has 1 atom stereocenters. The Morgan fingerprint density at radius 3 is 2.89 bits per heavy atom. The van der Waals surface area contributed by atoms with Crippen LogP contribution >= 0.6 is 0 Å². The summed E-state index contributed by atoms with van der Waals surface area (Å²) in [6, 6.07) is 13.8. The van der Waals surface area contributed by atoms with Crippen LogP contribution in [0.2, 0.25) is 0 Å². The summed E-state index contributed by atoms with van der Waals surface area (Å²) in [5.41, 5.74) is 0.732. The zero-order valence-corrected chi connectivity index (χ0v) is 10.8. The molecule has 0 spiro atoms. The van der Waals surface area contributed by atoms with E-state index < -0.39 is 0 Å². The smallest absolute Gasteiger partial charge is 0.252 e. The van der Waals surface area contributed by atoms with Crippen LogP contribution in [0.5, 0.6) is 0 Å². The minimum Gasteiger partial charge on any atom is -0.376 e. The number of nitrogens with one attached hydrogen (secondary N) is 1. The predicted molar refractivity (Wildman–Crippen MR) is 75.3 cm³/mol. The predicted octanol–water partition coefficient (Wildman–Crippen LogP) is 2.75. The zero-order chi connectivity index (χ0) is 13.1. The van der Waals surface area contributed by atoms with Gasteiger partial charge in [-0.3, -0.25) is 4.79 Å². The van der Waals surface area contributed by atoms with Gasteiger partial charge < -0.3 is 10.1 Å². The quantitative estimate of drug-likeness (QED) is 0.915. The molecule has 98 valence electrons. The second-order valence-corrected chi connectivity index (χ2v) is 4.87. The summed E-state index contributed by atoms with van der Waals surface area (Å²) in [5, 5.41) is 5.05. The van der Waals surface area contributed by atoms with Crippen LogP contribution in [0.15, 0.2) is 42.5 Å². The minimum atomic E-state index is -0.0210. The lowest BCUT2D eigenvalue weighted by molar-refractivity contribution is 0.0859. The molecule has 2 aromatic carbocycles. The fraction of sp³-hybridized carbons (Fsp3) is 0.312. The van der Waals surface area contributed by atoms with E-state index in [2.05, 4.69) is 5.32 Å². The van der Waals surface area contributed by atoms with E-state index >= 15 is 0 Å². The Balaban J connectivity index is 1.77. The van der Waals surface area contributed by atoms with Gasteiger partial charge in [-0.05, 0) is 29.7 Å². The van der Waals surface area contributed by atoms with Gasteiger partial charge in [-0.2, -0.15) is 0 Å². The summed E-state index contributed by atoms with van der Waals surface area (Å²) < 4.78 is 5.51. The lowest BCUT2D eigenvalue weighted by Gasteiger charge is -2.12. The zero-order valence-electron chi connectivity index (χ0n) is 10.8. The molecule has 0 aliphatic carbocycles. The molecule has 1 saturated heterocycles. The first-order valence-corrected chi connectivity index (χ1v) is 6.72. The highest BCUT2D eigenvalue weighted by Gasteiger charge is 2.17. The third-order valence-corrected chi connectivity index (χ3v) is 3.55. The number of hydrogen-bond donors (Lipinski definition) is 1. The van der Waals surface area contributed by atoms with E-state index in [0.717, 1.165) is 35.8 Å². The van der Waals surface area contributed by atoms with Gasteiger partial charge in [-0.25, -0.2) is 0 Å². The van der Waals surface area contributed by atoms with E-state index in [9.17, 15) is 4.79 Å². The third-order valence-electron chi connectivity index (χ3n) is 3.55. The number of carbonyl (C=O) groups excluding carboxylic acids is 1. The summed E-state index contributed by atoms with van der Waals surface area (Å²) in [4.78, 5) is 12.2. The van der Waals surface area contributed by atoms with Crippen molar-refractivity contribution in [3.63, 3.8) is 0 Å². The van der Waals surface area contributed by atoms with Gasteiger partial charge in [0.05, 0.1) is 6.10 Å². The van der Waals surface area contributed by atoms with Gasteiger partial charge in [0.2, 0.25) is 0 Å². The number of benzene rings is 2. The molecule has 3 rings (SSSR count). The van der Waals surface area contributed by atoms with Gasteiger partial charge in [0.1, 0.15) is 0 Å². The molecule has 19 heavy (non-hydrogen) atoms. The molecule has 1 N–H and O–H groups in total. The monoisotopic (exact) mass is 255 g/mol. The maximum Gasteiger partial charge on any atom is 0.252 e. The van der Waals surface area contributed by atoms with E-state index in [4.69, 9.17) is 4.74 Å². The summed E-state index contributed by atoms with van der Waals surface area (Å²) in [6.45, 7) is 1.41. The molecular weight excluding hydrogens is 238 g/mol. The number of rotatable bonds is 3. The van der Waals surface area contributed by atoms with Crippen LogP contribution in [0.3, 0.4) is 0 Å². The Hall–Kier alpha value is -1.87. The van der Waals surface area contributed by atoms with Crippen molar-refractivity contribution in [3.05, 3.63) is 48.0 Å². The second kappa shape index (κ2) is 5.41. The first kappa shape index (κ1) is 12.2. The second-order valence-electron chi connectivity index (χ2n) is 4.87. The fourth-order valence-electron chi connectivity index (χ4n) is 2.53. The lowest BCUT2D eigenvalue weighted by atomic mass is 10.0. The van der Waals surface area contributed by atoms with E-state index in [0.29, 0.717) is 6.54 Å². The van der Waals surface area contributed by atoms with Crippen molar-refractivity contribution in [2.75, 3.05) is 13.2 Å². The molecule has 0 saturated carbocycles.